The SMILES string of the molecule is FC(F)(F)c1cc(C(F)(F)F)c2ccc3c(c2n1)CNC3. The highest BCUT2D eigenvalue weighted by atomic mass is 19.4. The molecule has 1 aliphatic heterocycles. The lowest BCUT2D eigenvalue weighted by Gasteiger charge is -2.15. The van der Waals surface area contributed by atoms with Gasteiger partial charge in [0.05, 0.1) is 11.1 Å². The summed E-state index contributed by atoms with van der Waals surface area (Å²) in [6.45, 7) is 0.614. The molecule has 2 nitrogen and oxygen atoms in total. The summed E-state index contributed by atoms with van der Waals surface area (Å²) in [7, 11) is 0. The molecule has 8 heteroatoms. The Morgan fingerprint density at radius 1 is 0.952 bits per heavy atom. The number of hydrogen-bond donors (Lipinski definition) is 1. The van der Waals surface area contributed by atoms with E-state index < -0.39 is 23.6 Å². The van der Waals surface area contributed by atoms with Crippen LogP contribution < -0.4 is 5.32 Å². The van der Waals surface area contributed by atoms with E-state index in [4.69, 9.17) is 0 Å². The number of alkyl halides is 6. The van der Waals surface area contributed by atoms with Gasteiger partial charge in [-0.2, -0.15) is 26.3 Å². The Morgan fingerprint density at radius 3 is 2.29 bits per heavy atom. The van der Waals surface area contributed by atoms with Crippen LogP contribution in [0.1, 0.15) is 22.4 Å². The predicted molar refractivity (Wildman–Crippen MR) is 62.3 cm³/mol. The van der Waals surface area contributed by atoms with Crippen molar-refractivity contribution in [2.24, 2.45) is 0 Å². The number of aromatic nitrogens is 1. The Balaban J connectivity index is 2.40. The van der Waals surface area contributed by atoms with Crippen LogP contribution in [0.15, 0.2) is 18.2 Å². The molecule has 0 saturated heterocycles. The lowest BCUT2D eigenvalue weighted by molar-refractivity contribution is -0.144. The molecular formula is C13H8F6N2. The first-order valence-corrected chi connectivity index (χ1v) is 5.98. The molecule has 0 unspecified atom stereocenters. The van der Waals surface area contributed by atoms with Crippen molar-refractivity contribution in [1.29, 1.82) is 0 Å². The van der Waals surface area contributed by atoms with Crippen LogP contribution in [0.2, 0.25) is 0 Å². The molecule has 0 aliphatic carbocycles. The normalized spacial score (nSPS) is 15.5. The average Bonchev–Trinajstić information content (AvgIpc) is 2.83. The van der Waals surface area contributed by atoms with Crippen LogP contribution in [0.3, 0.4) is 0 Å². The van der Waals surface area contributed by atoms with Gasteiger partial charge in [-0.3, -0.25) is 0 Å². The van der Waals surface area contributed by atoms with Gasteiger partial charge >= 0.3 is 12.4 Å². The van der Waals surface area contributed by atoms with E-state index in [0.717, 1.165) is 0 Å². The Labute approximate surface area is 114 Å². The van der Waals surface area contributed by atoms with E-state index in [0.29, 0.717) is 17.7 Å². The van der Waals surface area contributed by atoms with Crippen molar-refractivity contribution in [3.63, 3.8) is 0 Å². The number of halogens is 6. The van der Waals surface area contributed by atoms with Gasteiger partial charge in [0.15, 0.2) is 0 Å². The maximum Gasteiger partial charge on any atom is 0.433 e. The highest BCUT2D eigenvalue weighted by Crippen LogP contribution is 2.40. The van der Waals surface area contributed by atoms with E-state index in [1.54, 1.807) is 0 Å². The second-order valence-electron chi connectivity index (χ2n) is 4.75. The van der Waals surface area contributed by atoms with Gasteiger partial charge in [-0.05, 0) is 17.2 Å². The molecule has 0 fully saturated rings. The van der Waals surface area contributed by atoms with Crippen LogP contribution in [0, 0.1) is 0 Å². The molecule has 1 N–H and O–H groups in total. The first-order valence-electron chi connectivity index (χ1n) is 5.98. The molecule has 21 heavy (non-hydrogen) atoms. The number of pyridine rings is 1. The molecule has 0 saturated carbocycles. The summed E-state index contributed by atoms with van der Waals surface area (Å²) >= 11 is 0. The van der Waals surface area contributed by atoms with E-state index in [-0.39, 0.29) is 23.5 Å². The van der Waals surface area contributed by atoms with Gasteiger partial charge in [0.2, 0.25) is 0 Å². The third-order valence-electron chi connectivity index (χ3n) is 3.40. The van der Waals surface area contributed by atoms with E-state index >= 15 is 0 Å². The molecule has 0 radical (unpaired) electrons. The molecule has 0 bridgehead atoms. The van der Waals surface area contributed by atoms with E-state index in [9.17, 15) is 26.3 Å². The van der Waals surface area contributed by atoms with Crippen molar-refractivity contribution in [3.05, 3.63) is 40.6 Å². The lowest BCUT2D eigenvalue weighted by Crippen LogP contribution is -2.14. The van der Waals surface area contributed by atoms with E-state index in [2.05, 4.69) is 10.3 Å². The Bertz CT molecular complexity index is 717. The zero-order valence-electron chi connectivity index (χ0n) is 10.4. The molecule has 0 amide bonds. The standard InChI is InChI=1S/C13H8F6N2/c14-12(15,16)9-3-10(13(17,18)19)21-11-7(9)2-1-6-4-20-5-8(6)11/h1-3,20H,4-5H2. The maximum absolute atomic E-state index is 13.0. The second kappa shape index (κ2) is 4.33. The van der Waals surface area contributed by atoms with Crippen LogP contribution in [-0.4, -0.2) is 4.98 Å². The highest BCUT2D eigenvalue weighted by molar-refractivity contribution is 5.87. The van der Waals surface area contributed by atoms with Crippen molar-refractivity contribution < 1.29 is 26.3 Å². The van der Waals surface area contributed by atoms with E-state index in [1.165, 1.54) is 12.1 Å². The predicted octanol–water partition coefficient (Wildman–Crippen LogP) is 3.88. The van der Waals surface area contributed by atoms with Crippen LogP contribution >= 0.6 is 0 Å². The second-order valence-corrected chi connectivity index (χ2v) is 4.75. The molecule has 1 aromatic carbocycles. The van der Waals surface area contributed by atoms with Crippen molar-refractivity contribution >= 4 is 10.9 Å². The van der Waals surface area contributed by atoms with Crippen molar-refractivity contribution in [3.8, 4) is 0 Å². The summed E-state index contributed by atoms with van der Waals surface area (Å²) in [6, 6.07) is 2.73. The first-order chi connectivity index (χ1) is 9.68. The minimum absolute atomic E-state index is 0.0666. The summed E-state index contributed by atoms with van der Waals surface area (Å²) in [5.41, 5.74) is -2.01. The van der Waals surface area contributed by atoms with Crippen molar-refractivity contribution in [1.82, 2.24) is 10.3 Å². The molecule has 0 atom stereocenters. The largest absolute Gasteiger partial charge is 0.433 e. The number of rotatable bonds is 0. The smallest absolute Gasteiger partial charge is 0.309 e. The van der Waals surface area contributed by atoms with Gasteiger partial charge < -0.3 is 5.32 Å². The fourth-order valence-corrected chi connectivity index (χ4v) is 2.46. The Morgan fingerprint density at radius 2 is 1.67 bits per heavy atom. The minimum Gasteiger partial charge on any atom is -0.309 e. The topological polar surface area (TPSA) is 24.9 Å². The molecule has 3 rings (SSSR count). The summed E-state index contributed by atoms with van der Waals surface area (Å²) in [5, 5.41) is 2.59. The molecular weight excluding hydrogens is 298 g/mol. The number of fused-ring (bicyclic) bond motifs is 3. The fraction of sp³-hybridized carbons (Fsp3) is 0.308. The average molecular weight is 306 g/mol. The van der Waals surface area contributed by atoms with Gasteiger partial charge in [-0.15, -0.1) is 0 Å². The van der Waals surface area contributed by atoms with Crippen LogP contribution in [0.25, 0.3) is 10.9 Å². The van der Waals surface area contributed by atoms with Gasteiger partial charge in [-0.25, -0.2) is 4.98 Å². The highest BCUT2D eigenvalue weighted by Gasteiger charge is 2.39. The quantitative estimate of drug-likeness (QED) is 0.747. The van der Waals surface area contributed by atoms with Crippen LogP contribution in [0.4, 0.5) is 26.3 Å². The number of benzene rings is 1. The third kappa shape index (κ3) is 2.33. The molecule has 0 spiro atoms. The van der Waals surface area contributed by atoms with Gasteiger partial charge in [-0.1, -0.05) is 12.1 Å². The number of nitrogens with one attached hydrogen (secondary N) is 1. The summed E-state index contributed by atoms with van der Waals surface area (Å²) in [6.07, 6.45) is -9.80. The Kier molecular flexibility index (Phi) is 2.91. The molecule has 2 heterocycles. The molecule has 1 aliphatic rings. The van der Waals surface area contributed by atoms with Crippen LogP contribution in [-0.2, 0) is 25.4 Å². The number of nitrogens with zero attached hydrogens (tertiary/aromatic N) is 1. The van der Waals surface area contributed by atoms with Crippen molar-refractivity contribution in [2.45, 2.75) is 25.4 Å². The maximum atomic E-state index is 13.0. The monoisotopic (exact) mass is 306 g/mol. The molecule has 2 aromatic rings. The molecule has 112 valence electrons. The fourth-order valence-electron chi connectivity index (χ4n) is 2.46. The third-order valence-corrected chi connectivity index (χ3v) is 3.40. The minimum atomic E-state index is -4.93. The number of hydrogen-bond acceptors (Lipinski definition) is 2. The summed E-state index contributed by atoms with van der Waals surface area (Å²) < 4.78 is 77.5. The van der Waals surface area contributed by atoms with Gasteiger partial charge in [0.1, 0.15) is 5.69 Å². The van der Waals surface area contributed by atoms with E-state index in [1.807, 2.05) is 0 Å². The van der Waals surface area contributed by atoms with Crippen LogP contribution in [0.5, 0.6) is 0 Å². The summed E-state index contributed by atoms with van der Waals surface area (Å²) in [5.74, 6) is 0. The Hall–Kier alpha value is -1.83. The lowest BCUT2D eigenvalue weighted by atomic mass is 10.0. The van der Waals surface area contributed by atoms with Gasteiger partial charge in [0, 0.05) is 18.5 Å². The van der Waals surface area contributed by atoms with Crippen molar-refractivity contribution in [2.75, 3.05) is 0 Å². The van der Waals surface area contributed by atoms with Gasteiger partial charge in [0.25, 0.3) is 0 Å². The zero-order chi connectivity index (χ0) is 15.4. The molecule has 1 aromatic heterocycles. The zero-order valence-corrected chi connectivity index (χ0v) is 10.4. The summed E-state index contributed by atoms with van der Waals surface area (Å²) in [4.78, 5) is 3.43. The first kappa shape index (κ1) is 14.1.